The van der Waals surface area contributed by atoms with Gasteiger partial charge in [-0.05, 0) is 0 Å². The Morgan fingerprint density at radius 1 is 1.42 bits per heavy atom. The van der Waals surface area contributed by atoms with Crippen molar-refractivity contribution in [3.8, 4) is 0 Å². The molecule has 2 aromatic rings. The van der Waals surface area contributed by atoms with Crippen LogP contribution in [0.5, 0.6) is 0 Å². The number of aromatic nitrogens is 4. The highest BCUT2D eigenvalue weighted by Gasteiger charge is 2.00. The second-order valence-electron chi connectivity index (χ2n) is 2.42. The van der Waals surface area contributed by atoms with E-state index < -0.39 is 0 Å². The van der Waals surface area contributed by atoms with Crippen molar-refractivity contribution in [2.75, 3.05) is 0 Å². The van der Waals surface area contributed by atoms with E-state index in [1.54, 1.807) is 7.05 Å². The first-order valence-electron chi connectivity index (χ1n) is 3.40. The molecule has 0 saturated heterocycles. The zero-order chi connectivity index (χ0) is 8.55. The molecule has 60 valence electrons. The lowest BCUT2D eigenvalue weighted by atomic mass is 10.4. The van der Waals surface area contributed by atoms with Crippen LogP contribution in [-0.2, 0) is 7.05 Å². The fourth-order valence-electron chi connectivity index (χ4n) is 0.950. The third-order valence-corrected chi connectivity index (χ3v) is 1.59. The van der Waals surface area contributed by atoms with E-state index in [4.69, 9.17) is 0 Å². The summed E-state index contributed by atoms with van der Waals surface area (Å²) < 4.78 is 1.38. The van der Waals surface area contributed by atoms with Crippen molar-refractivity contribution in [1.29, 1.82) is 0 Å². The van der Waals surface area contributed by atoms with Crippen LogP contribution in [-0.4, -0.2) is 19.5 Å². The molecule has 0 fully saturated rings. The van der Waals surface area contributed by atoms with Gasteiger partial charge in [0.05, 0.1) is 12.5 Å². The SMILES string of the molecule is Cn1cnc2cncnc2c1=O. The molecule has 2 heterocycles. The number of fused-ring (bicyclic) bond motifs is 1. The summed E-state index contributed by atoms with van der Waals surface area (Å²) in [4.78, 5) is 22.9. The summed E-state index contributed by atoms with van der Waals surface area (Å²) in [6, 6.07) is 0. The molecule has 0 unspecified atom stereocenters. The molecule has 0 saturated carbocycles. The highest BCUT2D eigenvalue weighted by Crippen LogP contribution is 1.97. The van der Waals surface area contributed by atoms with E-state index in [0.717, 1.165) is 0 Å². The van der Waals surface area contributed by atoms with Gasteiger partial charge in [-0.25, -0.2) is 15.0 Å². The molecule has 0 atom stereocenters. The van der Waals surface area contributed by atoms with Gasteiger partial charge >= 0.3 is 0 Å². The van der Waals surface area contributed by atoms with Gasteiger partial charge in [0.2, 0.25) is 0 Å². The third kappa shape index (κ3) is 0.868. The molecule has 12 heavy (non-hydrogen) atoms. The summed E-state index contributed by atoms with van der Waals surface area (Å²) in [6.07, 6.45) is 4.31. The van der Waals surface area contributed by atoms with Crippen molar-refractivity contribution in [1.82, 2.24) is 19.5 Å². The van der Waals surface area contributed by atoms with Gasteiger partial charge in [-0.3, -0.25) is 4.79 Å². The smallest absolute Gasteiger partial charge is 0.279 e. The van der Waals surface area contributed by atoms with Gasteiger partial charge in [-0.15, -0.1) is 0 Å². The van der Waals surface area contributed by atoms with Gasteiger partial charge in [0.25, 0.3) is 5.56 Å². The van der Waals surface area contributed by atoms with Gasteiger partial charge in [0, 0.05) is 7.05 Å². The second kappa shape index (κ2) is 2.37. The van der Waals surface area contributed by atoms with E-state index in [1.165, 1.54) is 23.4 Å². The highest BCUT2D eigenvalue weighted by atomic mass is 16.1. The molecule has 0 aromatic carbocycles. The molecule has 2 aromatic heterocycles. The molecular weight excluding hydrogens is 156 g/mol. The summed E-state index contributed by atoms with van der Waals surface area (Å²) >= 11 is 0. The van der Waals surface area contributed by atoms with Crippen molar-refractivity contribution in [2.45, 2.75) is 0 Å². The van der Waals surface area contributed by atoms with Gasteiger partial charge in [0.1, 0.15) is 11.8 Å². The first-order chi connectivity index (χ1) is 5.79. The minimum absolute atomic E-state index is 0.151. The highest BCUT2D eigenvalue weighted by molar-refractivity contribution is 5.70. The van der Waals surface area contributed by atoms with Crippen LogP contribution in [0.1, 0.15) is 0 Å². The van der Waals surface area contributed by atoms with E-state index >= 15 is 0 Å². The minimum atomic E-state index is -0.151. The van der Waals surface area contributed by atoms with Gasteiger partial charge in [-0.2, -0.15) is 0 Å². The summed E-state index contributed by atoms with van der Waals surface area (Å²) in [5.74, 6) is 0. The topological polar surface area (TPSA) is 60.7 Å². The number of hydrogen-bond acceptors (Lipinski definition) is 4. The van der Waals surface area contributed by atoms with Crippen LogP contribution >= 0.6 is 0 Å². The van der Waals surface area contributed by atoms with Crippen molar-refractivity contribution in [2.24, 2.45) is 7.05 Å². The van der Waals surface area contributed by atoms with E-state index in [9.17, 15) is 4.79 Å². The average molecular weight is 162 g/mol. The fourth-order valence-corrected chi connectivity index (χ4v) is 0.950. The maximum atomic E-state index is 11.4. The standard InChI is InChI=1S/C7H6N4O/c1-11-4-10-5-2-8-3-9-6(5)7(11)12/h2-4H,1H3. The molecule has 5 heteroatoms. The zero-order valence-corrected chi connectivity index (χ0v) is 6.43. The number of nitrogens with zero attached hydrogens (tertiary/aromatic N) is 4. The fraction of sp³-hybridized carbons (Fsp3) is 0.143. The van der Waals surface area contributed by atoms with Gasteiger partial charge in [0.15, 0.2) is 5.52 Å². The monoisotopic (exact) mass is 162 g/mol. The third-order valence-electron chi connectivity index (χ3n) is 1.59. The average Bonchev–Trinajstić information content (AvgIpc) is 2.12. The quantitative estimate of drug-likeness (QED) is 0.534. The molecule has 2 rings (SSSR count). The molecule has 0 aliphatic heterocycles. The van der Waals surface area contributed by atoms with Crippen LogP contribution in [0, 0.1) is 0 Å². The molecule has 5 nitrogen and oxygen atoms in total. The van der Waals surface area contributed by atoms with Crippen molar-refractivity contribution < 1.29 is 0 Å². The van der Waals surface area contributed by atoms with Crippen molar-refractivity contribution >= 4 is 11.0 Å². The summed E-state index contributed by atoms with van der Waals surface area (Å²) in [7, 11) is 1.64. The van der Waals surface area contributed by atoms with E-state index in [0.29, 0.717) is 11.0 Å². The molecule has 0 bridgehead atoms. The number of aryl methyl sites for hydroxylation is 1. The molecule has 0 spiro atoms. The lowest BCUT2D eigenvalue weighted by molar-refractivity contribution is 0.837. The summed E-state index contributed by atoms with van der Waals surface area (Å²) in [5, 5.41) is 0. The molecule has 0 aliphatic carbocycles. The number of hydrogen-bond donors (Lipinski definition) is 0. The minimum Gasteiger partial charge on any atom is -0.301 e. The normalized spacial score (nSPS) is 10.4. The Labute approximate surface area is 67.7 Å². The van der Waals surface area contributed by atoms with Crippen LogP contribution in [0.15, 0.2) is 23.6 Å². The van der Waals surface area contributed by atoms with Crippen LogP contribution in [0.3, 0.4) is 0 Å². The zero-order valence-electron chi connectivity index (χ0n) is 6.43. The lowest BCUT2D eigenvalue weighted by Gasteiger charge is -1.96. The van der Waals surface area contributed by atoms with Crippen LogP contribution < -0.4 is 5.56 Å². The Bertz CT molecular complexity index is 476. The van der Waals surface area contributed by atoms with E-state index in [2.05, 4.69) is 15.0 Å². The van der Waals surface area contributed by atoms with Crippen molar-refractivity contribution in [3.63, 3.8) is 0 Å². The van der Waals surface area contributed by atoms with Crippen LogP contribution in [0.4, 0.5) is 0 Å². The molecule has 0 radical (unpaired) electrons. The summed E-state index contributed by atoms with van der Waals surface area (Å²) in [6.45, 7) is 0. The maximum absolute atomic E-state index is 11.4. The first-order valence-corrected chi connectivity index (χ1v) is 3.40. The maximum Gasteiger partial charge on any atom is 0.279 e. The van der Waals surface area contributed by atoms with Gasteiger partial charge in [-0.1, -0.05) is 0 Å². The lowest BCUT2D eigenvalue weighted by Crippen LogP contribution is -2.17. The molecular formula is C7H6N4O. The second-order valence-corrected chi connectivity index (χ2v) is 2.42. The van der Waals surface area contributed by atoms with Crippen molar-refractivity contribution in [3.05, 3.63) is 29.2 Å². The molecule has 0 aliphatic rings. The van der Waals surface area contributed by atoms with Crippen LogP contribution in [0.25, 0.3) is 11.0 Å². The predicted molar refractivity (Wildman–Crippen MR) is 42.6 cm³/mol. The first kappa shape index (κ1) is 6.90. The Morgan fingerprint density at radius 2 is 2.25 bits per heavy atom. The van der Waals surface area contributed by atoms with E-state index in [-0.39, 0.29) is 5.56 Å². The molecule has 0 amide bonds. The van der Waals surface area contributed by atoms with E-state index in [1.807, 2.05) is 0 Å². The summed E-state index contributed by atoms with van der Waals surface area (Å²) in [5.41, 5.74) is 0.734. The largest absolute Gasteiger partial charge is 0.301 e. The Balaban J connectivity index is 3.01. The van der Waals surface area contributed by atoms with Crippen LogP contribution in [0.2, 0.25) is 0 Å². The molecule has 0 N–H and O–H groups in total. The Kier molecular flexibility index (Phi) is 1.36. The Morgan fingerprint density at radius 3 is 3.08 bits per heavy atom. The number of rotatable bonds is 0. The Hall–Kier alpha value is -1.78. The van der Waals surface area contributed by atoms with Gasteiger partial charge < -0.3 is 4.57 Å². The predicted octanol–water partition coefficient (Wildman–Crippen LogP) is -0.277.